The summed E-state index contributed by atoms with van der Waals surface area (Å²) in [7, 11) is 0. The molecule has 0 amide bonds. The third-order valence-electron chi connectivity index (χ3n) is 3.59. The lowest BCUT2D eigenvalue weighted by molar-refractivity contribution is 0.696. The number of benzene rings is 1. The molecule has 0 saturated heterocycles. The quantitative estimate of drug-likeness (QED) is 0.758. The van der Waals surface area contributed by atoms with Crippen LogP contribution in [0.4, 0.5) is 0 Å². The van der Waals surface area contributed by atoms with Crippen LogP contribution in [0, 0.1) is 0 Å². The fourth-order valence-electron chi connectivity index (χ4n) is 2.39. The van der Waals surface area contributed by atoms with Gasteiger partial charge in [0.1, 0.15) is 0 Å². The number of aromatic nitrogens is 1. The number of hydrogen-bond donors (Lipinski definition) is 2. The van der Waals surface area contributed by atoms with Crippen molar-refractivity contribution in [1.82, 2.24) is 10.3 Å². The van der Waals surface area contributed by atoms with Crippen molar-refractivity contribution in [2.75, 3.05) is 0 Å². The molecule has 0 aliphatic heterocycles. The molecule has 4 heteroatoms. The molecule has 0 aliphatic carbocycles. The monoisotopic (exact) mass is 298 g/mol. The minimum atomic E-state index is -0.00886. The van der Waals surface area contributed by atoms with Crippen molar-refractivity contribution in [3.8, 4) is 0 Å². The number of aryl methyl sites for hydroxylation is 1. The van der Waals surface area contributed by atoms with E-state index in [1.54, 1.807) is 11.3 Å². The maximum atomic E-state index is 12.1. The Morgan fingerprint density at radius 1 is 1.19 bits per heavy atom. The van der Waals surface area contributed by atoms with Gasteiger partial charge in [-0.15, -0.1) is 11.3 Å². The second-order valence-corrected chi connectivity index (χ2v) is 6.11. The zero-order valence-electron chi connectivity index (χ0n) is 12.0. The van der Waals surface area contributed by atoms with Crippen LogP contribution in [0.15, 0.2) is 46.6 Å². The molecule has 0 aliphatic rings. The largest absolute Gasteiger partial charge is 0.322 e. The molecule has 0 unspecified atom stereocenters. The van der Waals surface area contributed by atoms with Crippen LogP contribution in [0.1, 0.15) is 22.9 Å². The predicted molar refractivity (Wildman–Crippen MR) is 88.8 cm³/mol. The molecule has 1 aromatic carbocycles. The first-order valence-corrected chi connectivity index (χ1v) is 8.02. The highest BCUT2D eigenvalue weighted by Gasteiger charge is 2.04. The van der Waals surface area contributed by atoms with Gasteiger partial charge in [-0.1, -0.05) is 19.1 Å². The molecule has 3 rings (SSSR count). The molecule has 108 valence electrons. The third-order valence-corrected chi connectivity index (χ3v) is 4.46. The Kier molecular flexibility index (Phi) is 4.18. The summed E-state index contributed by atoms with van der Waals surface area (Å²) < 4.78 is 0. The van der Waals surface area contributed by atoms with Crippen molar-refractivity contribution in [2.45, 2.75) is 26.4 Å². The van der Waals surface area contributed by atoms with Crippen molar-refractivity contribution in [3.05, 3.63) is 68.1 Å². The summed E-state index contributed by atoms with van der Waals surface area (Å²) in [6.45, 7) is 3.51. The number of hydrogen-bond acceptors (Lipinski definition) is 3. The van der Waals surface area contributed by atoms with Gasteiger partial charge in [0.25, 0.3) is 5.56 Å². The lowest BCUT2D eigenvalue weighted by Crippen LogP contribution is -2.20. The molecule has 0 saturated carbocycles. The van der Waals surface area contributed by atoms with E-state index < -0.39 is 0 Å². The van der Waals surface area contributed by atoms with Gasteiger partial charge >= 0.3 is 0 Å². The molecule has 2 aromatic heterocycles. The number of fused-ring (bicyclic) bond motifs is 1. The topological polar surface area (TPSA) is 44.9 Å². The zero-order chi connectivity index (χ0) is 14.7. The van der Waals surface area contributed by atoms with Crippen LogP contribution >= 0.6 is 11.3 Å². The van der Waals surface area contributed by atoms with E-state index in [1.165, 1.54) is 10.4 Å². The average molecular weight is 298 g/mol. The van der Waals surface area contributed by atoms with Crippen LogP contribution in [-0.4, -0.2) is 4.98 Å². The van der Waals surface area contributed by atoms with E-state index in [0.717, 1.165) is 29.4 Å². The summed E-state index contributed by atoms with van der Waals surface area (Å²) in [6.07, 6.45) is 1.00. The molecule has 3 nitrogen and oxygen atoms in total. The van der Waals surface area contributed by atoms with Crippen molar-refractivity contribution >= 4 is 22.2 Å². The molecule has 2 heterocycles. The van der Waals surface area contributed by atoms with Gasteiger partial charge in [0.2, 0.25) is 0 Å². The van der Waals surface area contributed by atoms with Gasteiger partial charge in [0.15, 0.2) is 0 Å². The van der Waals surface area contributed by atoms with Crippen molar-refractivity contribution in [1.29, 1.82) is 0 Å². The van der Waals surface area contributed by atoms with Crippen LogP contribution in [0.5, 0.6) is 0 Å². The third kappa shape index (κ3) is 3.23. The van der Waals surface area contributed by atoms with E-state index in [4.69, 9.17) is 0 Å². The van der Waals surface area contributed by atoms with E-state index in [1.807, 2.05) is 18.2 Å². The van der Waals surface area contributed by atoms with Gasteiger partial charge in [-0.25, -0.2) is 0 Å². The summed E-state index contributed by atoms with van der Waals surface area (Å²) in [5, 5.41) is 6.49. The normalized spacial score (nSPS) is 11.1. The number of rotatable bonds is 5. The van der Waals surface area contributed by atoms with Gasteiger partial charge in [-0.2, -0.15) is 0 Å². The fraction of sp³-hybridized carbons (Fsp3) is 0.235. The number of aromatic amines is 1. The van der Waals surface area contributed by atoms with E-state index in [2.05, 4.69) is 40.8 Å². The highest BCUT2D eigenvalue weighted by molar-refractivity contribution is 7.09. The minimum Gasteiger partial charge on any atom is -0.322 e. The van der Waals surface area contributed by atoms with E-state index in [-0.39, 0.29) is 5.56 Å². The standard InChI is InChI=1S/C17H18N2OS/c1-2-12-5-6-16-13(8-12)9-14(17(20)19-16)10-18-11-15-4-3-7-21-15/h3-9,18H,2,10-11H2,1H3,(H,19,20). The lowest BCUT2D eigenvalue weighted by atomic mass is 10.1. The Bertz CT molecular complexity index is 790. The second-order valence-electron chi connectivity index (χ2n) is 5.08. The van der Waals surface area contributed by atoms with Gasteiger partial charge in [-0.3, -0.25) is 4.79 Å². The average Bonchev–Trinajstić information content (AvgIpc) is 3.00. The second kappa shape index (κ2) is 6.24. The molecule has 0 radical (unpaired) electrons. The van der Waals surface area contributed by atoms with Crippen molar-refractivity contribution in [3.63, 3.8) is 0 Å². The molecule has 3 aromatic rings. The molecular weight excluding hydrogens is 280 g/mol. The highest BCUT2D eigenvalue weighted by atomic mass is 32.1. The SMILES string of the molecule is CCc1ccc2[nH]c(=O)c(CNCc3cccs3)cc2c1. The smallest absolute Gasteiger partial charge is 0.252 e. The van der Waals surface area contributed by atoms with Gasteiger partial charge in [0, 0.05) is 29.0 Å². The Morgan fingerprint density at radius 2 is 2.10 bits per heavy atom. The summed E-state index contributed by atoms with van der Waals surface area (Å²) >= 11 is 1.72. The van der Waals surface area contributed by atoms with Gasteiger partial charge < -0.3 is 10.3 Å². The molecule has 0 spiro atoms. The van der Waals surface area contributed by atoms with Crippen LogP contribution in [0.2, 0.25) is 0 Å². The summed E-state index contributed by atoms with van der Waals surface area (Å²) in [5.74, 6) is 0. The Balaban J connectivity index is 1.80. The van der Waals surface area contributed by atoms with E-state index in [0.29, 0.717) is 6.54 Å². The Hall–Kier alpha value is -1.91. The summed E-state index contributed by atoms with van der Waals surface area (Å²) in [5.41, 5.74) is 2.96. The zero-order valence-corrected chi connectivity index (χ0v) is 12.8. The van der Waals surface area contributed by atoms with E-state index >= 15 is 0 Å². The first-order valence-electron chi connectivity index (χ1n) is 7.14. The number of H-pyrrole nitrogens is 1. The van der Waals surface area contributed by atoms with Crippen molar-refractivity contribution < 1.29 is 0 Å². The van der Waals surface area contributed by atoms with Crippen LogP contribution < -0.4 is 10.9 Å². The molecule has 21 heavy (non-hydrogen) atoms. The molecule has 0 fully saturated rings. The predicted octanol–water partition coefficient (Wildman–Crippen LogP) is 3.44. The summed E-state index contributed by atoms with van der Waals surface area (Å²) in [6, 6.07) is 12.3. The lowest BCUT2D eigenvalue weighted by Gasteiger charge is -2.06. The number of thiophene rings is 1. The fourth-order valence-corrected chi connectivity index (χ4v) is 3.06. The first-order chi connectivity index (χ1) is 10.3. The number of nitrogens with one attached hydrogen (secondary N) is 2. The minimum absolute atomic E-state index is 0.00886. The van der Waals surface area contributed by atoms with Crippen LogP contribution in [0.3, 0.4) is 0 Å². The first kappa shape index (κ1) is 14.0. The van der Waals surface area contributed by atoms with Crippen LogP contribution in [0.25, 0.3) is 10.9 Å². The molecular formula is C17H18N2OS. The van der Waals surface area contributed by atoms with Gasteiger partial charge in [-0.05, 0) is 47.0 Å². The number of pyridine rings is 1. The molecule has 0 atom stereocenters. The Morgan fingerprint density at radius 3 is 2.86 bits per heavy atom. The highest BCUT2D eigenvalue weighted by Crippen LogP contribution is 2.14. The maximum Gasteiger partial charge on any atom is 0.252 e. The molecule has 2 N–H and O–H groups in total. The maximum absolute atomic E-state index is 12.1. The molecule has 0 bridgehead atoms. The van der Waals surface area contributed by atoms with Crippen LogP contribution in [-0.2, 0) is 19.5 Å². The summed E-state index contributed by atoms with van der Waals surface area (Å²) in [4.78, 5) is 16.3. The Labute approximate surface area is 127 Å². The van der Waals surface area contributed by atoms with E-state index in [9.17, 15) is 4.79 Å². The van der Waals surface area contributed by atoms with Gasteiger partial charge in [0.05, 0.1) is 0 Å². The van der Waals surface area contributed by atoms with Crippen molar-refractivity contribution in [2.24, 2.45) is 0 Å².